The molecule has 0 unspecified atom stereocenters. The van der Waals surface area contributed by atoms with Crippen LogP contribution in [0.3, 0.4) is 0 Å². The topological polar surface area (TPSA) is 69.6 Å². The summed E-state index contributed by atoms with van der Waals surface area (Å²) in [4.78, 5) is 7.92. The molecule has 0 aliphatic heterocycles. The van der Waals surface area contributed by atoms with Crippen molar-refractivity contribution in [3.63, 3.8) is 0 Å². The Kier molecular flexibility index (Phi) is 2.72. The van der Waals surface area contributed by atoms with Gasteiger partial charge in [-0.1, -0.05) is 0 Å². The second-order valence-electron chi connectivity index (χ2n) is 3.78. The molecule has 5 nitrogen and oxygen atoms in total. The van der Waals surface area contributed by atoms with Crippen LogP contribution in [0, 0.1) is 13.8 Å². The van der Waals surface area contributed by atoms with Crippen molar-refractivity contribution in [2.24, 2.45) is 0 Å². The Balaban J connectivity index is 2.63. The molecule has 0 aromatic carbocycles. The van der Waals surface area contributed by atoms with Crippen LogP contribution in [-0.4, -0.2) is 19.7 Å². The van der Waals surface area contributed by atoms with Gasteiger partial charge in [0.25, 0.3) is 0 Å². The fourth-order valence-corrected chi connectivity index (χ4v) is 1.58. The van der Waals surface area contributed by atoms with Crippen molar-refractivity contribution in [3.05, 3.63) is 29.3 Å². The standard InChI is InChI=1S/C10H10F3N5/c1-5-3-9(16-6(2)15-5)18-7(10(11,12)13)4-8(14)17-18/h3-4H,1-2H3,(H2,14,17). The highest BCUT2D eigenvalue weighted by atomic mass is 19.4. The SMILES string of the molecule is Cc1cc(-n2nc(N)cc2C(F)(F)F)nc(C)n1. The molecular weight excluding hydrogens is 247 g/mol. The molecule has 0 aliphatic carbocycles. The largest absolute Gasteiger partial charge is 0.433 e. The molecule has 0 amide bonds. The second kappa shape index (κ2) is 3.97. The number of hydrogen-bond acceptors (Lipinski definition) is 4. The number of aromatic nitrogens is 4. The summed E-state index contributed by atoms with van der Waals surface area (Å²) in [7, 11) is 0. The first kappa shape index (κ1) is 12.3. The zero-order chi connectivity index (χ0) is 13.5. The lowest BCUT2D eigenvalue weighted by atomic mass is 10.3. The molecular formula is C10H10F3N5. The van der Waals surface area contributed by atoms with E-state index in [-0.39, 0.29) is 11.6 Å². The summed E-state index contributed by atoms with van der Waals surface area (Å²) in [6, 6.07) is 2.18. The van der Waals surface area contributed by atoms with Gasteiger partial charge >= 0.3 is 6.18 Å². The Labute approximate surface area is 100 Å². The van der Waals surface area contributed by atoms with Gasteiger partial charge in [-0.15, -0.1) is 5.10 Å². The minimum Gasteiger partial charge on any atom is -0.382 e. The third-order valence-corrected chi connectivity index (χ3v) is 2.19. The van der Waals surface area contributed by atoms with Gasteiger partial charge in [-0.2, -0.15) is 13.2 Å². The van der Waals surface area contributed by atoms with Gasteiger partial charge in [-0.25, -0.2) is 14.6 Å². The molecule has 0 radical (unpaired) electrons. The van der Waals surface area contributed by atoms with Crippen molar-refractivity contribution in [1.82, 2.24) is 19.7 Å². The summed E-state index contributed by atoms with van der Waals surface area (Å²) in [5.74, 6) is 0.201. The molecule has 0 saturated carbocycles. The van der Waals surface area contributed by atoms with Crippen LogP contribution in [0.1, 0.15) is 17.2 Å². The van der Waals surface area contributed by atoms with Crippen LogP contribution in [0.5, 0.6) is 0 Å². The van der Waals surface area contributed by atoms with Crippen molar-refractivity contribution in [2.45, 2.75) is 20.0 Å². The molecule has 0 aliphatic rings. The number of nitrogens with zero attached hydrogens (tertiary/aromatic N) is 4. The number of rotatable bonds is 1. The maximum Gasteiger partial charge on any atom is 0.433 e. The van der Waals surface area contributed by atoms with Gasteiger partial charge < -0.3 is 5.73 Å². The van der Waals surface area contributed by atoms with E-state index in [0.717, 1.165) is 6.07 Å². The molecule has 0 bridgehead atoms. The van der Waals surface area contributed by atoms with E-state index in [0.29, 0.717) is 16.2 Å². The first-order chi connectivity index (χ1) is 8.27. The summed E-state index contributed by atoms with van der Waals surface area (Å²) in [6.45, 7) is 3.26. The van der Waals surface area contributed by atoms with Crippen molar-refractivity contribution >= 4 is 5.82 Å². The second-order valence-corrected chi connectivity index (χ2v) is 3.78. The van der Waals surface area contributed by atoms with Gasteiger partial charge in [0.2, 0.25) is 0 Å². The van der Waals surface area contributed by atoms with Crippen LogP contribution in [-0.2, 0) is 6.18 Å². The van der Waals surface area contributed by atoms with E-state index in [9.17, 15) is 13.2 Å². The van der Waals surface area contributed by atoms with Crippen molar-refractivity contribution < 1.29 is 13.2 Å². The summed E-state index contributed by atoms with van der Waals surface area (Å²) in [5.41, 5.74) is 4.91. The summed E-state index contributed by atoms with van der Waals surface area (Å²) in [5, 5.41) is 3.61. The lowest BCUT2D eigenvalue weighted by Gasteiger charge is -2.10. The Morgan fingerprint density at radius 3 is 2.39 bits per heavy atom. The van der Waals surface area contributed by atoms with Crippen molar-refractivity contribution in [1.29, 1.82) is 0 Å². The number of anilines is 1. The number of nitrogens with two attached hydrogens (primary N) is 1. The van der Waals surface area contributed by atoms with E-state index < -0.39 is 11.9 Å². The molecule has 2 aromatic rings. The minimum absolute atomic E-state index is 0.0454. The summed E-state index contributed by atoms with van der Waals surface area (Å²) in [6.07, 6.45) is -4.54. The number of nitrogen functional groups attached to an aromatic ring is 1. The fraction of sp³-hybridized carbons (Fsp3) is 0.300. The molecule has 0 atom stereocenters. The Bertz CT molecular complexity index is 567. The zero-order valence-electron chi connectivity index (χ0n) is 9.65. The minimum atomic E-state index is -4.54. The lowest BCUT2D eigenvalue weighted by Crippen LogP contribution is -2.15. The average Bonchev–Trinajstić information content (AvgIpc) is 2.58. The van der Waals surface area contributed by atoms with Crippen molar-refractivity contribution in [3.8, 4) is 5.82 Å². The first-order valence-electron chi connectivity index (χ1n) is 5.03. The van der Waals surface area contributed by atoms with Gasteiger partial charge in [-0.05, 0) is 13.8 Å². The highest BCUT2D eigenvalue weighted by Gasteiger charge is 2.36. The quantitative estimate of drug-likeness (QED) is 0.846. The Hall–Kier alpha value is -2.12. The lowest BCUT2D eigenvalue weighted by molar-refractivity contribution is -0.142. The third kappa shape index (κ3) is 2.27. The molecule has 2 aromatic heterocycles. The van der Waals surface area contributed by atoms with Crippen molar-refractivity contribution in [2.75, 3.05) is 5.73 Å². The van der Waals surface area contributed by atoms with Crippen LogP contribution < -0.4 is 5.73 Å². The summed E-state index contributed by atoms with van der Waals surface area (Å²) >= 11 is 0. The van der Waals surface area contributed by atoms with E-state index in [4.69, 9.17) is 5.73 Å². The highest BCUT2D eigenvalue weighted by Crippen LogP contribution is 2.31. The molecule has 2 rings (SSSR count). The first-order valence-corrected chi connectivity index (χ1v) is 5.03. The highest BCUT2D eigenvalue weighted by molar-refractivity contribution is 5.37. The predicted octanol–water partition coefficient (Wildman–Crippen LogP) is 1.88. The van der Waals surface area contributed by atoms with Gasteiger partial charge in [0, 0.05) is 17.8 Å². The monoisotopic (exact) mass is 257 g/mol. The van der Waals surface area contributed by atoms with E-state index in [1.165, 1.54) is 6.07 Å². The fourth-order valence-electron chi connectivity index (χ4n) is 1.58. The Morgan fingerprint density at radius 2 is 1.83 bits per heavy atom. The molecule has 18 heavy (non-hydrogen) atoms. The molecule has 0 saturated heterocycles. The van der Waals surface area contributed by atoms with Crippen LogP contribution in [0.25, 0.3) is 5.82 Å². The van der Waals surface area contributed by atoms with E-state index >= 15 is 0 Å². The van der Waals surface area contributed by atoms with Crippen LogP contribution >= 0.6 is 0 Å². The van der Waals surface area contributed by atoms with Crippen LogP contribution in [0.2, 0.25) is 0 Å². The zero-order valence-corrected chi connectivity index (χ0v) is 9.65. The number of aryl methyl sites for hydroxylation is 2. The molecule has 2 N–H and O–H groups in total. The maximum absolute atomic E-state index is 12.8. The molecule has 8 heteroatoms. The number of hydrogen-bond donors (Lipinski definition) is 1. The van der Waals surface area contributed by atoms with Gasteiger partial charge in [0.15, 0.2) is 11.5 Å². The summed E-state index contributed by atoms with van der Waals surface area (Å²) < 4.78 is 39.0. The number of halogens is 3. The van der Waals surface area contributed by atoms with Gasteiger partial charge in [0.05, 0.1) is 0 Å². The van der Waals surface area contributed by atoms with Crippen LogP contribution in [0.15, 0.2) is 12.1 Å². The average molecular weight is 257 g/mol. The number of alkyl halides is 3. The molecule has 0 fully saturated rings. The van der Waals surface area contributed by atoms with Crippen LogP contribution in [0.4, 0.5) is 19.0 Å². The maximum atomic E-state index is 12.8. The smallest absolute Gasteiger partial charge is 0.382 e. The third-order valence-electron chi connectivity index (χ3n) is 2.19. The molecule has 0 spiro atoms. The Morgan fingerprint density at radius 1 is 1.17 bits per heavy atom. The van der Waals surface area contributed by atoms with E-state index in [1.54, 1.807) is 13.8 Å². The normalized spacial score (nSPS) is 11.8. The van der Waals surface area contributed by atoms with E-state index in [1.807, 2.05) is 0 Å². The van der Waals surface area contributed by atoms with Gasteiger partial charge in [0.1, 0.15) is 11.6 Å². The molecule has 2 heterocycles. The van der Waals surface area contributed by atoms with Gasteiger partial charge in [-0.3, -0.25) is 0 Å². The molecule has 96 valence electrons. The van der Waals surface area contributed by atoms with E-state index in [2.05, 4.69) is 15.1 Å². The predicted molar refractivity (Wildman–Crippen MR) is 58.0 cm³/mol.